The second-order valence-corrected chi connectivity index (χ2v) is 8.82. The fourth-order valence-corrected chi connectivity index (χ4v) is 4.36. The van der Waals surface area contributed by atoms with Crippen molar-refractivity contribution < 1.29 is 4.79 Å². The maximum atomic E-state index is 13.0. The van der Waals surface area contributed by atoms with Crippen molar-refractivity contribution >= 4 is 17.7 Å². The molecule has 4 rings (SSSR count). The van der Waals surface area contributed by atoms with Crippen molar-refractivity contribution in [1.82, 2.24) is 19.7 Å². The third-order valence-corrected chi connectivity index (χ3v) is 6.19. The fourth-order valence-electron chi connectivity index (χ4n) is 3.49. The van der Waals surface area contributed by atoms with Gasteiger partial charge in [-0.3, -0.25) is 9.36 Å². The van der Waals surface area contributed by atoms with E-state index in [4.69, 9.17) is 0 Å². The molecule has 0 spiro atoms. The molecule has 1 amide bonds. The lowest BCUT2D eigenvalue weighted by atomic mass is 10.1. The monoisotopic (exact) mass is 420 g/mol. The van der Waals surface area contributed by atoms with Gasteiger partial charge in [0.1, 0.15) is 5.82 Å². The van der Waals surface area contributed by atoms with Crippen molar-refractivity contribution in [2.45, 2.75) is 50.7 Å². The topological polar surface area (TPSA) is 51.0 Å². The Labute approximate surface area is 182 Å². The van der Waals surface area contributed by atoms with E-state index in [1.807, 2.05) is 23.1 Å². The Hall–Kier alpha value is -2.60. The number of aryl methyl sites for hydroxylation is 1. The molecule has 1 fully saturated rings. The first kappa shape index (κ1) is 20.7. The molecular weight excluding hydrogens is 392 g/mol. The molecule has 5 nitrogen and oxygen atoms in total. The van der Waals surface area contributed by atoms with E-state index in [9.17, 15) is 4.79 Å². The number of rotatable bonds is 9. The zero-order valence-electron chi connectivity index (χ0n) is 17.6. The van der Waals surface area contributed by atoms with E-state index in [1.54, 1.807) is 0 Å². The zero-order valence-corrected chi connectivity index (χ0v) is 18.4. The molecule has 6 heteroatoms. The van der Waals surface area contributed by atoms with E-state index in [0.717, 1.165) is 48.0 Å². The second kappa shape index (κ2) is 9.47. The van der Waals surface area contributed by atoms with E-state index in [2.05, 4.69) is 65.0 Å². The molecule has 0 N–H and O–H groups in total. The van der Waals surface area contributed by atoms with Crippen LogP contribution in [-0.2, 0) is 11.3 Å². The predicted octanol–water partition coefficient (Wildman–Crippen LogP) is 4.98. The number of nitrogens with zero attached hydrogens (tertiary/aromatic N) is 4. The minimum absolute atomic E-state index is 0.137. The Morgan fingerprint density at radius 3 is 2.50 bits per heavy atom. The molecule has 1 heterocycles. The third-order valence-electron chi connectivity index (χ3n) is 5.28. The maximum Gasteiger partial charge on any atom is 0.233 e. The highest BCUT2D eigenvalue weighted by Gasteiger charge is 2.31. The van der Waals surface area contributed by atoms with Gasteiger partial charge in [-0.25, -0.2) is 0 Å². The summed E-state index contributed by atoms with van der Waals surface area (Å²) in [6, 6.07) is 18.6. The van der Waals surface area contributed by atoms with Gasteiger partial charge < -0.3 is 4.90 Å². The second-order valence-electron chi connectivity index (χ2n) is 7.88. The van der Waals surface area contributed by atoms with Gasteiger partial charge in [-0.05, 0) is 43.9 Å². The molecule has 30 heavy (non-hydrogen) atoms. The number of carbonyl (C=O) groups is 1. The van der Waals surface area contributed by atoms with Crippen LogP contribution in [0.3, 0.4) is 0 Å². The molecule has 3 aromatic rings. The average Bonchev–Trinajstić information content (AvgIpc) is 3.53. The molecule has 2 aromatic carbocycles. The molecule has 1 aromatic heterocycles. The molecule has 0 atom stereocenters. The van der Waals surface area contributed by atoms with Crippen LogP contribution in [0.4, 0.5) is 0 Å². The van der Waals surface area contributed by atoms with Crippen molar-refractivity contribution in [1.29, 1.82) is 0 Å². The molecule has 0 unspecified atom stereocenters. The van der Waals surface area contributed by atoms with Gasteiger partial charge >= 0.3 is 0 Å². The number of benzene rings is 2. The van der Waals surface area contributed by atoms with Crippen LogP contribution in [0.25, 0.3) is 5.69 Å². The number of amides is 1. The van der Waals surface area contributed by atoms with Crippen LogP contribution >= 0.6 is 11.8 Å². The molecule has 0 bridgehead atoms. The first-order valence-electron chi connectivity index (χ1n) is 10.6. The lowest BCUT2D eigenvalue weighted by Crippen LogP contribution is -2.32. The van der Waals surface area contributed by atoms with E-state index in [1.165, 1.54) is 17.3 Å². The number of hydrogen-bond donors (Lipinski definition) is 0. The summed E-state index contributed by atoms with van der Waals surface area (Å²) in [6.45, 7) is 5.59. The van der Waals surface area contributed by atoms with Gasteiger partial charge in [-0.1, -0.05) is 66.7 Å². The van der Waals surface area contributed by atoms with Crippen molar-refractivity contribution in [3.05, 3.63) is 71.5 Å². The Kier molecular flexibility index (Phi) is 6.53. The van der Waals surface area contributed by atoms with Crippen molar-refractivity contribution in [3.63, 3.8) is 0 Å². The third kappa shape index (κ3) is 4.93. The van der Waals surface area contributed by atoms with Crippen molar-refractivity contribution in [2.75, 3.05) is 12.3 Å². The quantitative estimate of drug-likeness (QED) is 0.458. The predicted molar refractivity (Wildman–Crippen MR) is 121 cm³/mol. The van der Waals surface area contributed by atoms with Crippen molar-refractivity contribution in [2.24, 2.45) is 0 Å². The molecule has 0 radical (unpaired) electrons. The summed E-state index contributed by atoms with van der Waals surface area (Å²) in [6.07, 6.45) is 3.26. The van der Waals surface area contributed by atoms with E-state index in [0.29, 0.717) is 18.2 Å². The summed E-state index contributed by atoms with van der Waals surface area (Å²) in [5.41, 5.74) is 3.45. The summed E-state index contributed by atoms with van der Waals surface area (Å²) >= 11 is 1.48. The smallest absolute Gasteiger partial charge is 0.233 e. The molecule has 1 saturated carbocycles. The van der Waals surface area contributed by atoms with Crippen LogP contribution in [0.5, 0.6) is 0 Å². The first-order chi connectivity index (χ1) is 14.7. The summed E-state index contributed by atoms with van der Waals surface area (Å²) in [5.74, 6) is 2.00. The summed E-state index contributed by atoms with van der Waals surface area (Å²) in [7, 11) is 0. The van der Waals surface area contributed by atoms with Crippen LogP contribution in [0.15, 0.2) is 59.8 Å². The number of hydrogen-bond acceptors (Lipinski definition) is 4. The number of thioether (sulfide) groups is 1. The van der Waals surface area contributed by atoms with Gasteiger partial charge in [-0.15, -0.1) is 10.2 Å². The Morgan fingerprint density at radius 1 is 1.10 bits per heavy atom. The van der Waals surface area contributed by atoms with Gasteiger partial charge in [0, 0.05) is 24.7 Å². The number of aromatic nitrogens is 3. The number of carbonyl (C=O) groups excluding carboxylic acids is 1. The Bertz CT molecular complexity index is 980. The maximum absolute atomic E-state index is 13.0. The van der Waals surface area contributed by atoms with Gasteiger partial charge in [0.25, 0.3) is 0 Å². The van der Waals surface area contributed by atoms with Crippen LogP contribution < -0.4 is 0 Å². The highest BCUT2D eigenvalue weighted by atomic mass is 32.2. The van der Waals surface area contributed by atoms with Crippen molar-refractivity contribution in [3.8, 4) is 5.69 Å². The lowest BCUT2D eigenvalue weighted by Gasteiger charge is -2.22. The van der Waals surface area contributed by atoms with Gasteiger partial charge in [0.05, 0.1) is 5.75 Å². The molecule has 156 valence electrons. The highest BCUT2D eigenvalue weighted by molar-refractivity contribution is 7.99. The molecular formula is C24H28N4OS. The zero-order chi connectivity index (χ0) is 20.9. The van der Waals surface area contributed by atoms with Crippen LogP contribution in [0.1, 0.15) is 49.1 Å². The Morgan fingerprint density at radius 2 is 1.83 bits per heavy atom. The SMILES string of the molecule is CCCN(Cc1ccc(C)cc1)C(=O)CSc1nnc(C2CC2)n1-c1ccccc1. The molecule has 0 saturated heterocycles. The molecule has 1 aliphatic rings. The molecule has 1 aliphatic carbocycles. The van der Waals surface area contributed by atoms with E-state index < -0.39 is 0 Å². The normalized spacial score (nSPS) is 13.4. The summed E-state index contributed by atoms with van der Waals surface area (Å²) in [4.78, 5) is 15.0. The van der Waals surface area contributed by atoms with Crippen LogP contribution in [0, 0.1) is 6.92 Å². The molecule has 0 aliphatic heterocycles. The Balaban J connectivity index is 1.47. The summed E-state index contributed by atoms with van der Waals surface area (Å²) in [5, 5.41) is 9.68. The highest BCUT2D eigenvalue weighted by Crippen LogP contribution is 2.41. The first-order valence-corrected chi connectivity index (χ1v) is 11.6. The summed E-state index contributed by atoms with van der Waals surface area (Å²) < 4.78 is 2.12. The van der Waals surface area contributed by atoms with E-state index >= 15 is 0 Å². The van der Waals surface area contributed by atoms with E-state index in [-0.39, 0.29) is 5.91 Å². The number of para-hydroxylation sites is 1. The minimum atomic E-state index is 0.137. The fraction of sp³-hybridized carbons (Fsp3) is 0.375. The van der Waals surface area contributed by atoms with Gasteiger partial charge in [-0.2, -0.15) is 0 Å². The average molecular weight is 421 g/mol. The lowest BCUT2D eigenvalue weighted by molar-refractivity contribution is -0.129. The minimum Gasteiger partial charge on any atom is -0.338 e. The van der Waals surface area contributed by atoms with Gasteiger partial charge in [0.15, 0.2) is 5.16 Å². The van der Waals surface area contributed by atoms with Crippen LogP contribution in [-0.4, -0.2) is 37.9 Å². The van der Waals surface area contributed by atoms with Gasteiger partial charge in [0.2, 0.25) is 5.91 Å². The van der Waals surface area contributed by atoms with Crippen LogP contribution in [0.2, 0.25) is 0 Å². The largest absolute Gasteiger partial charge is 0.338 e. The standard InChI is InChI=1S/C24H28N4OS/c1-3-15-27(16-19-11-9-18(2)10-12-19)22(29)17-30-24-26-25-23(20-13-14-20)28(24)21-7-5-4-6-8-21/h4-12,20H,3,13-17H2,1-2H3.